The molecule has 0 aliphatic rings. The molecular weight excluding hydrogens is 230 g/mol. The second-order valence-corrected chi connectivity index (χ2v) is 4.11. The minimum absolute atomic E-state index is 0.00453. The van der Waals surface area contributed by atoms with Crippen LogP contribution in [0.4, 0.5) is 0 Å². The van der Waals surface area contributed by atoms with E-state index in [9.17, 15) is 4.79 Å². The van der Waals surface area contributed by atoms with Gasteiger partial charge in [-0.25, -0.2) is 0 Å². The van der Waals surface area contributed by atoms with Crippen molar-refractivity contribution in [1.29, 1.82) is 0 Å². The minimum atomic E-state index is -0.844. The van der Waals surface area contributed by atoms with Gasteiger partial charge in [0.05, 0.1) is 18.5 Å². The summed E-state index contributed by atoms with van der Waals surface area (Å²) in [7, 11) is 0. The maximum Gasteiger partial charge on any atom is 0.307 e. The zero-order chi connectivity index (χ0) is 13.1. The molecule has 0 bridgehead atoms. The number of carboxylic acids is 1. The molecule has 0 unspecified atom stereocenters. The summed E-state index contributed by atoms with van der Waals surface area (Å²) in [4.78, 5) is 15.3. The van der Waals surface area contributed by atoms with E-state index in [-0.39, 0.29) is 6.42 Å². The lowest BCUT2D eigenvalue weighted by Gasteiger charge is -2.08. The zero-order valence-electron chi connectivity index (χ0n) is 10.4. The summed E-state index contributed by atoms with van der Waals surface area (Å²) in [5.74, 6) is -0.106. The SMILES string of the molecule is CCOc1ccc2nc(C)cc(CC(=O)O)c2c1. The molecule has 0 radical (unpaired) electrons. The van der Waals surface area contributed by atoms with E-state index in [4.69, 9.17) is 9.84 Å². The number of aromatic nitrogens is 1. The summed E-state index contributed by atoms with van der Waals surface area (Å²) < 4.78 is 5.43. The first-order valence-electron chi connectivity index (χ1n) is 5.85. The number of rotatable bonds is 4. The molecule has 94 valence electrons. The second-order valence-electron chi connectivity index (χ2n) is 4.11. The van der Waals surface area contributed by atoms with Crippen LogP contribution in [0.1, 0.15) is 18.2 Å². The Labute approximate surface area is 105 Å². The number of nitrogens with zero attached hydrogens (tertiary/aromatic N) is 1. The molecule has 0 aliphatic heterocycles. The van der Waals surface area contributed by atoms with Crippen LogP contribution < -0.4 is 4.74 Å². The van der Waals surface area contributed by atoms with Crippen LogP contribution in [0.2, 0.25) is 0 Å². The number of aliphatic carboxylic acids is 1. The van der Waals surface area contributed by atoms with Crippen LogP contribution in [0.15, 0.2) is 24.3 Å². The van der Waals surface area contributed by atoms with Gasteiger partial charge in [0.1, 0.15) is 5.75 Å². The molecule has 4 nitrogen and oxygen atoms in total. The quantitative estimate of drug-likeness (QED) is 0.899. The predicted molar refractivity (Wildman–Crippen MR) is 69.0 cm³/mol. The van der Waals surface area contributed by atoms with Crippen LogP contribution in [0.5, 0.6) is 5.75 Å². The fourth-order valence-corrected chi connectivity index (χ4v) is 1.99. The Kier molecular flexibility index (Phi) is 3.46. The van der Waals surface area contributed by atoms with Gasteiger partial charge in [0.2, 0.25) is 0 Å². The number of carboxylic acid groups (broad SMARTS) is 1. The number of hydrogen-bond acceptors (Lipinski definition) is 3. The maximum atomic E-state index is 10.9. The summed E-state index contributed by atoms with van der Waals surface area (Å²) in [5, 5.41) is 9.78. The third kappa shape index (κ3) is 2.59. The van der Waals surface area contributed by atoms with Crippen molar-refractivity contribution in [1.82, 2.24) is 4.98 Å². The molecule has 4 heteroatoms. The highest BCUT2D eigenvalue weighted by molar-refractivity contribution is 5.87. The first-order valence-corrected chi connectivity index (χ1v) is 5.85. The van der Waals surface area contributed by atoms with Crippen LogP contribution >= 0.6 is 0 Å². The number of benzene rings is 1. The van der Waals surface area contributed by atoms with Gasteiger partial charge >= 0.3 is 5.97 Å². The van der Waals surface area contributed by atoms with Crippen LogP contribution in [-0.2, 0) is 11.2 Å². The zero-order valence-corrected chi connectivity index (χ0v) is 10.4. The summed E-state index contributed by atoms with van der Waals surface area (Å²) >= 11 is 0. The molecule has 0 fully saturated rings. The molecule has 1 aromatic carbocycles. The summed E-state index contributed by atoms with van der Waals surface area (Å²) in [6.45, 7) is 4.36. The molecule has 0 saturated heterocycles. The molecule has 18 heavy (non-hydrogen) atoms. The van der Waals surface area contributed by atoms with Gasteiger partial charge in [0.25, 0.3) is 0 Å². The Hall–Kier alpha value is -2.10. The maximum absolute atomic E-state index is 10.9. The van der Waals surface area contributed by atoms with E-state index in [1.54, 1.807) is 0 Å². The van der Waals surface area contributed by atoms with Gasteiger partial charge in [-0.05, 0) is 43.7 Å². The highest BCUT2D eigenvalue weighted by Crippen LogP contribution is 2.24. The van der Waals surface area contributed by atoms with E-state index in [2.05, 4.69) is 4.98 Å². The molecule has 0 aliphatic carbocycles. The van der Waals surface area contributed by atoms with Gasteiger partial charge in [-0.3, -0.25) is 9.78 Å². The van der Waals surface area contributed by atoms with Crippen LogP contribution in [-0.4, -0.2) is 22.7 Å². The number of aryl methyl sites for hydroxylation is 1. The molecule has 1 aromatic heterocycles. The van der Waals surface area contributed by atoms with Crippen molar-refractivity contribution in [3.05, 3.63) is 35.5 Å². The molecular formula is C14H15NO3. The van der Waals surface area contributed by atoms with Gasteiger partial charge in [-0.15, -0.1) is 0 Å². The molecule has 0 saturated carbocycles. The average molecular weight is 245 g/mol. The van der Waals surface area contributed by atoms with Gasteiger partial charge in [-0.1, -0.05) is 0 Å². The van der Waals surface area contributed by atoms with Crippen molar-refractivity contribution in [3.63, 3.8) is 0 Å². The number of pyridine rings is 1. The van der Waals surface area contributed by atoms with E-state index >= 15 is 0 Å². The predicted octanol–water partition coefficient (Wildman–Crippen LogP) is 2.57. The molecule has 0 atom stereocenters. The number of fused-ring (bicyclic) bond motifs is 1. The van der Waals surface area contributed by atoms with Gasteiger partial charge < -0.3 is 9.84 Å². The van der Waals surface area contributed by atoms with Gasteiger partial charge in [-0.2, -0.15) is 0 Å². The highest BCUT2D eigenvalue weighted by Gasteiger charge is 2.09. The molecule has 1 heterocycles. The summed E-state index contributed by atoms with van der Waals surface area (Å²) in [6.07, 6.45) is -0.00453. The van der Waals surface area contributed by atoms with Crippen LogP contribution in [0.3, 0.4) is 0 Å². The Morgan fingerprint density at radius 1 is 1.39 bits per heavy atom. The van der Waals surface area contributed by atoms with Crippen molar-refractivity contribution in [3.8, 4) is 5.75 Å². The van der Waals surface area contributed by atoms with E-state index in [0.29, 0.717) is 6.61 Å². The van der Waals surface area contributed by atoms with Crippen LogP contribution in [0.25, 0.3) is 10.9 Å². The average Bonchev–Trinajstić information content (AvgIpc) is 2.29. The Morgan fingerprint density at radius 2 is 2.17 bits per heavy atom. The van der Waals surface area contributed by atoms with Crippen molar-refractivity contribution < 1.29 is 14.6 Å². The fraction of sp³-hybridized carbons (Fsp3) is 0.286. The first kappa shape index (κ1) is 12.4. The summed E-state index contributed by atoms with van der Waals surface area (Å²) in [5.41, 5.74) is 2.39. The second kappa shape index (κ2) is 5.04. The lowest BCUT2D eigenvalue weighted by molar-refractivity contribution is -0.136. The van der Waals surface area contributed by atoms with Crippen molar-refractivity contribution >= 4 is 16.9 Å². The summed E-state index contributed by atoms with van der Waals surface area (Å²) in [6, 6.07) is 7.37. The standard InChI is InChI=1S/C14H15NO3/c1-3-18-11-4-5-13-12(8-11)10(7-14(16)17)6-9(2)15-13/h4-6,8H,3,7H2,1-2H3,(H,16,17). The van der Waals surface area contributed by atoms with E-state index in [1.165, 1.54) is 0 Å². The lowest BCUT2D eigenvalue weighted by Crippen LogP contribution is -2.02. The number of carbonyl (C=O) groups is 1. The fourth-order valence-electron chi connectivity index (χ4n) is 1.99. The molecule has 0 spiro atoms. The topological polar surface area (TPSA) is 59.4 Å². The number of ether oxygens (including phenoxy) is 1. The van der Waals surface area contributed by atoms with E-state index < -0.39 is 5.97 Å². The Morgan fingerprint density at radius 3 is 2.83 bits per heavy atom. The lowest BCUT2D eigenvalue weighted by atomic mass is 10.0. The minimum Gasteiger partial charge on any atom is -0.494 e. The number of hydrogen-bond donors (Lipinski definition) is 1. The smallest absolute Gasteiger partial charge is 0.307 e. The van der Waals surface area contributed by atoms with Crippen molar-refractivity contribution in [2.75, 3.05) is 6.61 Å². The van der Waals surface area contributed by atoms with Crippen molar-refractivity contribution in [2.45, 2.75) is 20.3 Å². The Balaban J connectivity index is 2.58. The normalized spacial score (nSPS) is 10.6. The molecule has 2 aromatic rings. The van der Waals surface area contributed by atoms with Crippen LogP contribution in [0, 0.1) is 6.92 Å². The monoisotopic (exact) mass is 245 g/mol. The Bertz CT molecular complexity index is 593. The van der Waals surface area contributed by atoms with Crippen molar-refractivity contribution in [2.24, 2.45) is 0 Å². The van der Waals surface area contributed by atoms with E-state index in [1.807, 2.05) is 38.1 Å². The highest BCUT2D eigenvalue weighted by atomic mass is 16.5. The van der Waals surface area contributed by atoms with Gasteiger partial charge in [0.15, 0.2) is 0 Å². The largest absolute Gasteiger partial charge is 0.494 e. The first-order chi connectivity index (χ1) is 8.60. The van der Waals surface area contributed by atoms with E-state index in [0.717, 1.165) is 27.9 Å². The third-order valence-corrected chi connectivity index (χ3v) is 2.65. The molecule has 2 rings (SSSR count). The molecule has 0 amide bonds. The van der Waals surface area contributed by atoms with Gasteiger partial charge in [0, 0.05) is 11.1 Å². The molecule has 1 N–H and O–H groups in total. The third-order valence-electron chi connectivity index (χ3n) is 2.65.